The number of nitrogens with one attached hydrogen (secondary N) is 1. The molecule has 1 aromatic carbocycles. The Morgan fingerprint density at radius 1 is 1.24 bits per heavy atom. The zero-order chi connectivity index (χ0) is 15.2. The molecule has 0 spiro atoms. The molecule has 1 N–H and O–H groups in total. The summed E-state index contributed by atoms with van der Waals surface area (Å²) in [6.45, 7) is 5.66. The van der Waals surface area contributed by atoms with Crippen molar-refractivity contribution in [3.8, 4) is 5.88 Å². The van der Waals surface area contributed by atoms with Crippen LogP contribution in [0.15, 0.2) is 36.4 Å². The first-order valence-corrected chi connectivity index (χ1v) is 6.84. The maximum Gasteiger partial charge on any atom is 0.258 e. The van der Waals surface area contributed by atoms with Crippen molar-refractivity contribution in [1.29, 1.82) is 0 Å². The average molecular weight is 285 g/mol. The lowest BCUT2D eigenvalue weighted by Crippen LogP contribution is -2.31. The summed E-state index contributed by atoms with van der Waals surface area (Å²) in [5, 5.41) is 10.7. The minimum atomic E-state index is -0.189. The molecule has 1 heterocycles. The lowest BCUT2D eigenvalue weighted by atomic mass is 10.1. The van der Waals surface area contributed by atoms with E-state index in [0.717, 1.165) is 16.8 Å². The summed E-state index contributed by atoms with van der Waals surface area (Å²) in [4.78, 5) is 11.9. The Morgan fingerprint density at radius 2 is 1.95 bits per heavy atom. The van der Waals surface area contributed by atoms with E-state index in [-0.39, 0.29) is 18.6 Å². The molecule has 5 nitrogen and oxygen atoms in total. The Hall–Kier alpha value is -2.43. The maximum atomic E-state index is 11.9. The topological polar surface area (TPSA) is 64.1 Å². The first-order chi connectivity index (χ1) is 10.1. The molecule has 1 aromatic heterocycles. The van der Waals surface area contributed by atoms with Crippen molar-refractivity contribution < 1.29 is 9.53 Å². The monoisotopic (exact) mass is 285 g/mol. The smallest absolute Gasteiger partial charge is 0.258 e. The standard InChI is InChI=1S/C16H19N3O2/c1-11-9-16(19-18-12(11)2)21-10-15(20)17-13(3)14-7-5-4-6-8-14/h4-9,13H,10H2,1-3H3,(H,17,20)/t13-/m1/s1. The van der Waals surface area contributed by atoms with Gasteiger partial charge in [0.15, 0.2) is 6.61 Å². The highest BCUT2D eigenvalue weighted by Crippen LogP contribution is 2.12. The Balaban J connectivity index is 1.86. The summed E-state index contributed by atoms with van der Waals surface area (Å²) in [7, 11) is 0. The summed E-state index contributed by atoms with van der Waals surface area (Å²) >= 11 is 0. The quantitative estimate of drug-likeness (QED) is 0.916. The van der Waals surface area contributed by atoms with E-state index in [4.69, 9.17) is 4.74 Å². The van der Waals surface area contributed by atoms with Gasteiger partial charge in [-0.3, -0.25) is 4.79 Å². The number of rotatable bonds is 5. The molecule has 1 atom stereocenters. The second kappa shape index (κ2) is 6.83. The predicted octanol–water partition coefficient (Wildman–Crippen LogP) is 2.35. The molecule has 0 saturated heterocycles. The van der Waals surface area contributed by atoms with E-state index < -0.39 is 0 Å². The van der Waals surface area contributed by atoms with Crippen molar-refractivity contribution in [2.75, 3.05) is 6.61 Å². The molecule has 0 radical (unpaired) electrons. The number of carbonyl (C=O) groups excluding carboxylic acids is 1. The molecule has 5 heteroatoms. The summed E-state index contributed by atoms with van der Waals surface area (Å²) in [6.07, 6.45) is 0. The van der Waals surface area contributed by atoms with E-state index in [9.17, 15) is 4.79 Å². The van der Waals surface area contributed by atoms with Crippen molar-refractivity contribution in [1.82, 2.24) is 15.5 Å². The third-order valence-corrected chi connectivity index (χ3v) is 3.24. The molecular formula is C16H19N3O2. The van der Waals surface area contributed by atoms with E-state index in [1.807, 2.05) is 51.1 Å². The highest BCUT2D eigenvalue weighted by molar-refractivity contribution is 5.77. The van der Waals surface area contributed by atoms with E-state index in [1.54, 1.807) is 6.07 Å². The minimum Gasteiger partial charge on any atom is -0.466 e. The number of hydrogen-bond acceptors (Lipinski definition) is 4. The Labute approximate surface area is 124 Å². The summed E-state index contributed by atoms with van der Waals surface area (Å²) in [6, 6.07) is 11.5. The molecule has 0 aliphatic carbocycles. The Kier molecular flexibility index (Phi) is 4.87. The zero-order valence-electron chi connectivity index (χ0n) is 12.5. The van der Waals surface area contributed by atoms with Crippen LogP contribution in [0.3, 0.4) is 0 Å². The molecule has 2 aromatic rings. The average Bonchev–Trinajstić information content (AvgIpc) is 2.49. The van der Waals surface area contributed by atoms with Crippen LogP contribution in [0.1, 0.15) is 29.8 Å². The van der Waals surface area contributed by atoms with Crippen LogP contribution in [-0.2, 0) is 4.79 Å². The number of benzene rings is 1. The van der Waals surface area contributed by atoms with E-state index in [1.165, 1.54) is 0 Å². The first kappa shape index (κ1) is 15.0. The number of aromatic nitrogens is 2. The SMILES string of the molecule is Cc1cc(OCC(=O)N[C@H](C)c2ccccc2)nnc1C. The minimum absolute atomic E-state index is 0.0619. The van der Waals surface area contributed by atoms with E-state index in [2.05, 4.69) is 15.5 Å². The van der Waals surface area contributed by atoms with Gasteiger partial charge in [-0.15, -0.1) is 5.10 Å². The van der Waals surface area contributed by atoms with Gasteiger partial charge in [0.05, 0.1) is 11.7 Å². The van der Waals surface area contributed by atoms with Crippen LogP contribution in [-0.4, -0.2) is 22.7 Å². The van der Waals surface area contributed by atoms with Crippen LogP contribution in [0.5, 0.6) is 5.88 Å². The number of aryl methyl sites for hydroxylation is 2. The molecule has 0 aliphatic heterocycles. The molecule has 0 fully saturated rings. The van der Waals surface area contributed by atoms with Crippen LogP contribution in [0.25, 0.3) is 0 Å². The van der Waals surface area contributed by atoms with Crippen LogP contribution < -0.4 is 10.1 Å². The second-order valence-electron chi connectivity index (χ2n) is 4.94. The van der Waals surface area contributed by atoms with Gasteiger partial charge in [0.25, 0.3) is 5.91 Å². The fraction of sp³-hybridized carbons (Fsp3) is 0.312. The number of hydrogen-bond donors (Lipinski definition) is 1. The summed E-state index contributed by atoms with van der Waals surface area (Å²) < 4.78 is 5.35. The van der Waals surface area contributed by atoms with Gasteiger partial charge in [-0.25, -0.2) is 0 Å². The first-order valence-electron chi connectivity index (χ1n) is 6.84. The molecule has 110 valence electrons. The van der Waals surface area contributed by atoms with Gasteiger partial charge in [-0.2, -0.15) is 5.10 Å². The number of nitrogens with zero attached hydrogens (tertiary/aromatic N) is 2. The Morgan fingerprint density at radius 3 is 2.62 bits per heavy atom. The van der Waals surface area contributed by atoms with E-state index >= 15 is 0 Å². The maximum absolute atomic E-state index is 11.9. The van der Waals surface area contributed by atoms with Crippen LogP contribution >= 0.6 is 0 Å². The van der Waals surface area contributed by atoms with Crippen molar-refractivity contribution in [2.24, 2.45) is 0 Å². The number of amides is 1. The molecule has 0 saturated carbocycles. The van der Waals surface area contributed by atoms with Crippen molar-refractivity contribution in [3.05, 3.63) is 53.2 Å². The molecule has 2 rings (SSSR count). The molecule has 21 heavy (non-hydrogen) atoms. The van der Waals surface area contributed by atoms with Gasteiger partial charge in [0.1, 0.15) is 0 Å². The number of ether oxygens (including phenoxy) is 1. The fourth-order valence-corrected chi connectivity index (χ4v) is 1.84. The number of carbonyl (C=O) groups is 1. The van der Waals surface area contributed by atoms with Crippen molar-refractivity contribution in [2.45, 2.75) is 26.8 Å². The summed E-state index contributed by atoms with van der Waals surface area (Å²) in [5.74, 6) is 0.173. The predicted molar refractivity (Wildman–Crippen MR) is 80.0 cm³/mol. The molecule has 1 amide bonds. The van der Waals surface area contributed by atoms with E-state index in [0.29, 0.717) is 5.88 Å². The van der Waals surface area contributed by atoms with Crippen molar-refractivity contribution >= 4 is 5.91 Å². The second-order valence-corrected chi connectivity index (χ2v) is 4.94. The lowest BCUT2D eigenvalue weighted by Gasteiger charge is -2.14. The molecule has 0 aliphatic rings. The normalized spacial score (nSPS) is 11.8. The zero-order valence-corrected chi connectivity index (χ0v) is 12.5. The Bertz CT molecular complexity index is 614. The lowest BCUT2D eigenvalue weighted by molar-refractivity contribution is -0.123. The largest absolute Gasteiger partial charge is 0.466 e. The van der Waals surface area contributed by atoms with Crippen LogP contribution in [0.4, 0.5) is 0 Å². The molecular weight excluding hydrogens is 266 g/mol. The van der Waals surface area contributed by atoms with Crippen LogP contribution in [0, 0.1) is 13.8 Å². The third kappa shape index (κ3) is 4.27. The highest BCUT2D eigenvalue weighted by Gasteiger charge is 2.10. The molecule has 0 bridgehead atoms. The third-order valence-electron chi connectivity index (χ3n) is 3.24. The van der Waals surface area contributed by atoms with Gasteiger partial charge >= 0.3 is 0 Å². The van der Waals surface area contributed by atoms with Gasteiger partial charge < -0.3 is 10.1 Å². The van der Waals surface area contributed by atoms with Crippen molar-refractivity contribution in [3.63, 3.8) is 0 Å². The van der Waals surface area contributed by atoms with Gasteiger partial charge in [-0.05, 0) is 31.9 Å². The van der Waals surface area contributed by atoms with Crippen LogP contribution in [0.2, 0.25) is 0 Å². The summed E-state index contributed by atoms with van der Waals surface area (Å²) in [5.41, 5.74) is 2.89. The fourth-order valence-electron chi connectivity index (χ4n) is 1.84. The highest BCUT2D eigenvalue weighted by atomic mass is 16.5. The molecule has 0 unspecified atom stereocenters. The van der Waals surface area contributed by atoms with Gasteiger partial charge in [0, 0.05) is 6.07 Å². The van der Waals surface area contributed by atoms with Gasteiger partial charge in [-0.1, -0.05) is 30.3 Å². The van der Waals surface area contributed by atoms with Gasteiger partial charge in [0.2, 0.25) is 5.88 Å².